The van der Waals surface area contributed by atoms with Crippen LogP contribution in [-0.4, -0.2) is 35.3 Å². The van der Waals surface area contributed by atoms with E-state index in [9.17, 15) is 8.42 Å². The second kappa shape index (κ2) is 6.29. The first-order valence-electron chi connectivity index (χ1n) is 5.64. The fourth-order valence-corrected chi connectivity index (χ4v) is 2.42. The number of nitrogens with zero attached hydrogens (tertiary/aromatic N) is 2. The van der Waals surface area contributed by atoms with Gasteiger partial charge in [-0.15, -0.1) is 0 Å². The monoisotopic (exact) mass is 292 g/mol. The highest BCUT2D eigenvalue weighted by molar-refractivity contribution is 7.89. The lowest BCUT2D eigenvalue weighted by molar-refractivity contribution is 0.350. The fourth-order valence-electron chi connectivity index (χ4n) is 1.41. The van der Waals surface area contributed by atoms with Crippen LogP contribution in [-0.2, 0) is 16.6 Å². The Kier molecular flexibility index (Phi) is 4.47. The van der Waals surface area contributed by atoms with E-state index in [1.54, 1.807) is 6.20 Å². The SMILES string of the molecule is O=S(=O)(NCc1cn[nH]c1)c1cncc(C#CCO)c1. The van der Waals surface area contributed by atoms with Crippen LogP contribution in [0.2, 0.25) is 0 Å². The summed E-state index contributed by atoms with van der Waals surface area (Å²) < 4.78 is 26.6. The Morgan fingerprint density at radius 3 is 2.90 bits per heavy atom. The molecule has 0 aliphatic carbocycles. The van der Waals surface area contributed by atoms with Crippen molar-refractivity contribution >= 4 is 10.0 Å². The number of rotatable bonds is 4. The highest BCUT2D eigenvalue weighted by Crippen LogP contribution is 2.09. The minimum Gasteiger partial charge on any atom is -0.384 e. The number of aromatic amines is 1. The molecule has 0 spiro atoms. The number of hydrogen-bond donors (Lipinski definition) is 3. The third kappa shape index (κ3) is 3.64. The Labute approximate surface area is 116 Å². The summed E-state index contributed by atoms with van der Waals surface area (Å²) in [5, 5.41) is 14.9. The van der Waals surface area contributed by atoms with Gasteiger partial charge in [-0.25, -0.2) is 13.1 Å². The maximum Gasteiger partial charge on any atom is 0.242 e. The standard InChI is InChI=1S/C12H12N4O3S/c17-3-1-2-10-4-12(9-13-5-10)20(18,19)16-8-11-6-14-15-7-11/h4-7,9,16-17H,3,8H2,(H,14,15). The molecule has 3 N–H and O–H groups in total. The van der Waals surface area contributed by atoms with E-state index in [0.717, 1.165) is 5.56 Å². The summed E-state index contributed by atoms with van der Waals surface area (Å²) >= 11 is 0. The van der Waals surface area contributed by atoms with E-state index in [-0.39, 0.29) is 18.0 Å². The van der Waals surface area contributed by atoms with Crippen molar-refractivity contribution in [2.75, 3.05) is 6.61 Å². The summed E-state index contributed by atoms with van der Waals surface area (Å²) in [4.78, 5) is 3.85. The summed E-state index contributed by atoms with van der Waals surface area (Å²) in [6.07, 6.45) is 5.80. The number of aliphatic hydroxyl groups is 1. The lowest BCUT2D eigenvalue weighted by Gasteiger charge is -2.05. The molecule has 2 aromatic rings. The van der Waals surface area contributed by atoms with E-state index >= 15 is 0 Å². The summed E-state index contributed by atoms with van der Waals surface area (Å²) in [5.41, 5.74) is 1.14. The zero-order valence-corrected chi connectivity index (χ0v) is 11.2. The molecule has 0 atom stereocenters. The molecule has 104 valence electrons. The smallest absolute Gasteiger partial charge is 0.242 e. The molecule has 0 fully saturated rings. The second-order valence-electron chi connectivity index (χ2n) is 3.80. The molecule has 0 bridgehead atoms. The van der Waals surface area contributed by atoms with Crippen LogP contribution in [0.25, 0.3) is 0 Å². The maximum absolute atomic E-state index is 12.1. The minimum absolute atomic E-state index is 0.0192. The third-order valence-electron chi connectivity index (χ3n) is 2.36. The van der Waals surface area contributed by atoms with E-state index in [4.69, 9.17) is 5.11 Å². The molecule has 0 unspecified atom stereocenters. The van der Waals surface area contributed by atoms with Gasteiger partial charge in [-0.1, -0.05) is 11.8 Å². The van der Waals surface area contributed by atoms with Crippen molar-refractivity contribution in [3.05, 3.63) is 42.0 Å². The average molecular weight is 292 g/mol. The van der Waals surface area contributed by atoms with Crippen molar-refractivity contribution in [1.29, 1.82) is 0 Å². The van der Waals surface area contributed by atoms with E-state index < -0.39 is 10.0 Å². The quantitative estimate of drug-likeness (QED) is 0.666. The second-order valence-corrected chi connectivity index (χ2v) is 5.57. The first kappa shape index (κ1) is 14.2. The van der Waals surface area contributed by atoms with Crippen LogP contribution in [0.3, 0.4) is 0 Å². The molecule has 0 aliphatic heterocycles. The minimum atomic E-state index is -3.67. The summed E-state index contributed by atoms with van der Waals surface area (Å²) in [7, 11) is -3.67. The fraction of sp³-hybridized carbons (Fsp3) is 0.167. The number of hydrogen-bond acceptors (Lipinski definition) is 5. The zero-order valence-electron chi connectivity index (χ0n) is 10.4. The zero-order chi connectivity index (χ0) is 14.4. The molecule has 0 amide bonds. The molecular weight excluding hydrogens is 280 g/mol. The molecule has 0 radical (unpaired) electrons. The molecule has 2 rings (SSSR count). The highest BCUT2D eigenvalue weighted by atomic mass is 32.2. The lowest BCUT2D eigenvalue weighted by Crippen LogP contribution is -2.23. The number of H-pyrrole nitrogens is 1. The van der Waals surface area contributed by atoms with Crippen LogP contribution in [0, 0.1) is 11.8 Å². The molecule has 0 saturated heterocycles. The maximum atomic E-state index is 12.1. The van der Waals surface area contributed by atoms with Gasteiger partial charge in [-0.05, 0) is 6.07 Å². The van der Waals surface area contributed by atoms with Crippen molar-refractivity contribution < 1.29 is 13.5 Å². The van der Waals surface area contributed by atoms with Gasteiger partial charge in [0.05, 0.1) is 6.20 Å². The molecule has 0 aromatic carbocycles. The van der Waals surface area contributed by atoms with Gasteiger partial charge < -0.3 is 5.11 Å². The van der Waals surface area contributed by atoms with Gasteiger partial charge >= 0.3 is 0 Å². The molecular formula is C12H12N4O3S. The van der Waals surface area contributed by atoms with Crippen molar-refractivity contribution in [2.45, 2.75) is 11.4 Å². The van der Waals surface area contributed by atoms with Crippen LogP contribution < -0.4 is 4.72 Å². The van der Waals surface area contributed by atoms with Crippen molar-refractivity contribution in [1.82, 2.24) is 19.9 Å². The topological polar surface area (TPSA) is 108 Å². The molecule has 2 heterocycles. The van der Waals surface area contributed by atoms with Crippen LogP contribution in [0.15, 0.2) is 35.7 Å². The first-order chi connectivity index (χ1) is 9.62. The molecule has 20 heavy (non-hydrogen) atoms. The summed E-state index contributed by atoms with van der Waals surface area (Å²) in [6.45, 7) is -0.166. The predicted octanol–water partition coefficient (Wildman–Crippen LogP) is -0.373. The van der Waals surface area contributed by atoms with Gasteiger partial charge in [0.25, 0.3) is 0 Å². The van der Waals surface area contributed by atoms with E-state index in [1.807, 2.05) is 0 Å². The molecule has 0 saturated carbocycles. The highest BCUT2D eigenvalue weighted by Gasteiger charge is 2.14. The van der Waals surface area contributed by atoms with Crippen molar-refractivity contribution in [3.63, 3.8) is 0 Å². The Morgan fingerprint density at radius 2 is 2.20 bits per heavy atom. The first-order valence-corrected chi connectivity index (χ1v) is 7.12. The van der Waals surface area contributed by atoms with Crippen LogP contribution in [0.4, 0.5) is 0 Å². The van der Waals surface area contributed by atoms with Gasteiger partial charge in [0.2, 0.25) is 10.0 Å². The van der Waals surface area contributed by atoms with Gasteiger partial charge in [0, 0.05) is 36.3 Å². The molecule has 2 aromatic heterocycles. The van der Waals surface area contributed by atoms with Gasteiger partial charge in [0.1, 0.15) is 11.5 Å². The van der Waals surface area contributed by atoms with Crippen LogP contribution >= 0.6 is 0 Å². The van der Waals surface area contributed by atoms with Crippen molar-refractivity contribution in [2.24, 2.45) is 0 Å². The van der Waals surface area contributed by atoms with Crippen molar-refractivity contribution in [3.8, 4) is 11.8 Å². The number of nitrogens with one attached hydrogen (secondary N) is 2. The largest absolute Gasteiger partial charge is 0.384 e. The van der Waals surface area contributed by atoms with E-state index in [2.05, 4.69) is 31.7 Å². The summed E-state index contributed by atoms with van der Waals surface area (Å²) in [5.74, 6) is 5.04. The van der Waals surface area contributed by atoms with Gasteiger partial charge in [-0.2, -0.15) is 5.10 Å². The Bertz CT molecular complexity index is 730. The van der Waals surface area contributed by atoms with Gasteiger partial charge in [0.15, 0.2) is 0 Å². The number of pyridine rings is 1. The average Bonchev–Trinajstić information content (AvgIpc) is 2.97. The number of sulfonamides is 1. The van der Waals surface area contributed by atoms with E-state index in [1.165, 1.54) is 24.7 Å². The Morgan fingerprint density at radius 1 is 1.35 bits per heavy atom. The predicted molar refractivity (Wildman–Crippen MR) is 70.8 cm³/mol. The molecule has 8 heteroatoms. The van der Waals surface area contributed by atoms with Crippen LogP contribution in [0.5, 0.6) is 0 Å². The number of aliphatic hydroxyl groups excluding tert-OH is 1. The molecule has 7 nitrogen and oxygen atoms in total. The molecule has 0 aliphatic rings. The van der Waals surface area contributed by atoms with Gasteiger partial charge in [-0.3, -0.25) is 10.1 Å². The Balaban J connectivity index is 2.16. The lowest BCUT2D eigenvalue weighted by atomic mass is 10.3. The summed E-state index contributed by atoms with van der Waals surface area (Å²) in [6, 6.07) is 1.40. The number of aromatic nitrogens is 3. The third-order valence-corrected chi connectivity index (χ3v) is 3.72. The van der Waals surface area contributed by atoms with E-state index in [0.29, 0.717) is 5.56 Å². The van der Waals surface area contributed by atoms with Crippen LogP contribution in [0.1, 0.15) is 11.1 Å². The normalized spacial score (nSPS) is 10.8. The Hall–Kier alpha value is -2.21.